The highest BCUT2D eigenvalue weighted by molar-refractivity contribution is 5.82. The molecule has 0 bridgehead atoms. The van der Waals surface area contributed by atoms with Crippen molar-refractivity contribution in [1.29, 1.82) is 0 Å². The molecule has 1 rings (SSSR count). The quantitative estimate of drug-likeness (QED) is 0.492. The molecule has 0 aliphatic carbocycles. The number of benzene rings is 1. The van der Waals surface area contributed by atoms with Gasteiger partial charge in [0.25, 0.3) is 0 Å². The number of aliphatic hydroxyl groups is 1. The normalized spacial score (nSPS) is 10.3. The second-order valence-electron chi connectivity index (χ2n) is 3.22. The van der Waals surface area contributed by atoms with Crippen molar-refractivity contribution in [2.45, 2.75) is 0 Å². The summed E-state index contributed by atoms with van der Waals surface area (Å²) in [5.41, 5.74) is 7.65. The number of hydrazone groups is 1. The molecule has 1 aromatic carbocycles. The van der Waals surface area contributed by atoms with E-state index in [1.54, 1.807) is 18.2 Å². The minimum absolute atomic E-state index is 0.0745. The summed E-state index contributed by atoms with van der Waals surface area (Å²) in [6.07, 6.45) is 1.42. The standard InChI is InChI=1S/C11H15N3O4/c1-17-10-6-8(7-13-14-11(12)16)2-3-9(10)18-5-4-15/h2-3,6-7,15H,4-5H2,1H3,(H3,12,14,16)/b13-7-. The van der Waals surface area contributed by atoms with E-state index in [0.717, 1.165) is 0 Å². The molecule has 2 amide bonds. The Hall–Kier alpha value is -2.28. The smallest absolute Gasteiger partial charge is 0.332 e. The van der Waals surface area contributed by atoms with Crippen LogP contribution in [0.4, 0.5) is 4.79 Å². The second kappa shape index (κ2) is 7.13. The van der Waals surface area contributed by atoms with E-state index in [2.05, 4.69) is 10.5 Å². The topological polar surface area (TPSA) is 106 Å². The van der Waals surface area contributed by atoms with Gasteiger partial charge in [0, 0.05) is 0 Å². The highest BCUT2D eigenvalue weighted by Gasteiger charge is 2.04. The zero-order chi connectivity index (χ0) is 13.4. The maximum atomic E-state index is 10.4. The van der Waals surface area contributed by atoms with Gasteiger partial charge in [0.15, 0.2) is 11.5 Å². The molecule has 0 heterocycles. The SMILES string of the molecule is COc1cc(/C=N\NC(N)=O)ccc1OCCO. The summed E-state index contributed by atoms with van der Waals surface area (Å²) in [5.74, 6) is 1.03. The van der Waals surface area contributed by atoms with E-state index >= 15 is 0 Å². The van der Waals surface area contributed by atoms with Crippen LogP contribution in [0, 0.1) is 0 Å². The third-order valence-corrected chi connectivity index (χ3v) is 1.92. The number of carbonyl (C=O) groups is 1. The average Bonchev–Trinajstić information content (AvgIpc) is 2.36. The Kier molecular flexibility index (Phi) is 5.46. The molecule has 0 unspecified atom stereocenters. The van der Waals surface area contributed by atoms with E-state index in [1.165, 1.54) is 13.3 Å². The van der Waals surface area contributed by atoms with E-state index in [1.807, 2.05) is 0 Å². The fourth-order valence-electron chi connectivity index (χ4n) is 1.21. The van der Waals surface area contributed by atoms with Gasteiger partial charge in [-0.1, -0.05) is 0 Å². The summed E-state index contributed by atoms with van der Waals surface area (Å²) in [6, 6.07) is 4.35. The number of nitrogens with one attached hydrogen (secondary N) is 1. The Labute approximate surface area is 104 Å². The number of carbonyl (C=O) groups excluding carboxylic acids is 1. The first-order chi connectivity index (χ1) is 8.67. The number of nitrogens with zero attached hydrogens (tertiary/aromatic N) is 1. The minimum atomic E-state index is -0.735. The Morgan fingerprint density at radius 1 is 1.56 bits per heavy atom. The molecule has 0 aromatic heterocycles. The first kappa shape index (κ1) is 13.8. The zero-order valence-electron chi connectivity index (χ0n) is 9.92. The van der Waals surface area contributed by atoms with E-state index in [-0.39, 0.29) is 13.2 Å². The molecule has 0 saturated carbocycles. The van der Waals surface area contributed by atoms with Crippen LogP contribution in [0.5, 0.6) is 11.5 Å². The van der Waals surface area contributed by atoms with Gasteiger partial charge >= 0.3 is 6.03 Å². The van der Waals surface area contributed by atoms with Crippen molar-refractivity contribution < 1.29 is 19.4 Å². The van der Waals surface area contributed by atoms with Gasteiger partial charge in [-0.25, -0.2) is 10.2 Å². The number of hydrogen-bond donors (Lipinski definition) is 3. The molecule has 0 aliphatic rings. The molecule has 18 heavy (non-hydrogen) atoms. The van der Waals surface area contributed by atoms with E-state index < -0.39 is 6.03 Å². The van der Waals surface area contributed by atoms with Crippen LogP contribution in [0.15, 0.2) is 23.3 Å². The molecule has 0 saturated heterocycles. The minimum Gasteiger partial charge on any atom is -0.493 e. The van der Waals surface area contributed by atoms with Crippen LogP contribution in [0.25, 0.3) is 0 Å². The molecule has 98 valence electrons. The van der Waals surface area contributed by atoms with Gasteiger partial charge in [-0.2, -0.15) is 5.10 Å². The molecule has 1 aromatic rings. The number of urea groups is 1. The Morgan fingerprint density at radius 3 is 2.94 bits per heavy atom. The van der Waals surface area contributed by atoms with Gasteiger partial charge in [0.1, 0.15) is 6.61 Å². The molecule has 7 nitrogen and oxygen atoms in total. The number of rotatable bonds is 6. The fourth-order valence-corrected chi connectivity index (χ4v) is 1.21. The summed E-state index contributed by atoms with van der Waals surface area (Å²) >= 11 is 0. The van der Waals surface area contributed by atoms with Gasteiger partial charge in [0.2, 0.25) is 0 Å². The Bertz CT molecular complexity index is 434. The molecule has 0 radical (unpaired) electrons. The second-order valence-corrected chi connectivity index (χ2v) is 3.22. The monoisotopic (exact) mass is 253 g/mol. The molecular weight excluding hydrogens is 238 g/mol. The Balaban J connectivity index is 2.77. The van der Waals surface area contributed by atoms with Crippen molar-refractivity contribution in [1.82, 2.24) is 5.43 Å². The summed E-state index contributed by atoms with van der Waals surface area (Å²) in [5, 5.41) is 12.3. The zero-order valence-corrected chi connectivity index (χ0v) is 9.92. The number of hydrogen-bond acceptors (Lipinski definition) is 5. The lowest BCUT2D eigenvalue weighted by atomic mass is 10.2. The largest absolute Gasteiger partial charge is 0.493 e. The highest BCUT2D eigenvalue weighted by atomic mass is 16.5. The number of methoxy groups -OCH3 is 1. The third-order valence-electron chi connectivity index (χ3n) is 1.92. The maximum Gasteiger partial charge on any atom is 0.332 e. The van der Waals surface area contributed by atoms with Crippen LogP contribution in [0.2, 0.25) is 0 Å². The van der Waals surface area contributed by atoms with Crippen molar-refractivity contribution in [2.75, 3.05) is 20.3 Å². The van der Waals surface area contributed by atoms with Crippen molar-refractivity contribution in [2.24, 2.45) is 10.8 Å². The lowest BCUT2D eigenvalue weighted by molar-refractivity contribution is 0.196. The predicted molar refractivity (Wildman–Crippen MR) is 65.9 cm³/mol. The lowest BCUT2D eigenvalue weighted by Gasteiger charge is -2.09. The Morgan fingerprint density at radius 2 is 2.33 bits per heavy atom. The maximum absolute atomic E-state index is 10.4. The molecule has 7 heteroatoms. The summed E-state index contributed by atoms with van der Waals surface area (Å²) in [6.45, 7) is 0.113. The van der Waals surface area contributed by atoms with E-state index in [0.29, 0.717) is 17.1 Å². The van der Waals surface area contributed by atoms with Gasteiger partial charge in [0.05, 0.1) is 19.9 Å². The van der Waals surface area contributed by atoms with Crippen LogP contribution in [0.3, 0.4) is 0 Å². The first-order valence-electron chi connectivity index (χ1n) is 5.17. The number of primary amides is 1. The predicted octanol–water partition coefficient (Wildman–Crippen LogP) is 0.0685. The molecule has 0 atom stereocenters. The van der Waals surface area contributed by atoms with Crippen LogP contribution in [0.1, 0.15) is 5.56 Å². The summed E-state index contributed by atoms with van der Waals surface area (Å²) in [7, 11) is 1.50. The third kappa shape index (κ3) is 4.30. The van der Waals surface area contributed by atoms with Crippen molar-refractivity contribution in [3.8, 4) is 11.5 Å². The van der Waals surface area contributed by atoms with Crippen molar-refractivity contribution in [3.63, 3.8) is 0 Å². The molecule has 4 N–H and O–H groups in total. The van der Waals surface area contributed by atoms with Crippen LogP contribution < -0.4 is 20.6 Å². The van der Waals surface area contributed by atoms with E-state index in [9.17, 15) is 4.79 Å². The van der Waals surface area contributed by atoms with Crippen LogP contribution in [-0.2, 0) is 0 Å². The highest BCUT2D eigenvalue weighted by Crippen LogP contribution is 2.27. The summed E-state index contributed by atoms with van der Waals surface area (Å²) < 4.78 is 10.4. The molecular formula is C11H15N3O4. The lowest BCUT2D eigenvalue weighted by Crippen LogP contribution is -2.24. The molecule has 0 aliphatic heterocycles. The average molecular weight is 253 g/mol. The van der Waals surface area contributed by atoms with Crippen molar-refractivity contribution >= 4 is 12.2 Å². The van der Waals surface area contributed by atoms with Gasteiger partial charge in [-0.3, -0.25) is 0 Å². The fraction of sp³-hybridized carbons (Fsp3) is 0.273. The van der Waals surface area contributed by atoms with Crippen LogP contribution >= 0.6 is 0 Å². The van der Waals surface area contributed by atoms with E-state index in [4.69, 9.17) is 20.3 Å². The van der Waals surface area contributed by atoms with Gasteiger partial charge in [-0.05, 0) is 23.8 Å². The number of amides is 2. The summed E-state index contributed by atoms with van der Waals surface area (Å²) in [4.78, 5) is 10.4. The first-order valence-corrected chi connectivity index (χ1v) is 5.17. The van der Waals surface area contributed by atoms with Gasteiger partial charge in [-0.15, -0.1) is 0 Å². The van der Waals surface area contributed by atoms with Crippen LogP contribution in [-0.4, -0.2) is 37.7 Å². The number of ether oxygens (including phenoxy) is 2. The number of aliphatic hydroxyl groups excluding tert-OH is 1. The van der Waals surface area contributed by atoms with Gasteiger partial charge < -0.3 is 20.3 Å². The molecule has 0 spiro atoms. The van der Waals surface area contributed by atoms with Crippen molar-refractivity contribution in [3.05, 3.63) is 23.8 Å². The molecule has 0 fully saturated rings. The number of nitrogens with two attached hydrogens (primary N) is 1.